The van der Waals surface area contributed by atoms with Gasteiger partial charge in [-0.2, -0.15) is 0 Å². The second-order valence-electron chi connectivity index (χ2n) is 3.80. The van der Waals surface area contributed by atoms with Crippen LogP contribution in [0, 0.1) is 0 Å². The van der Waals surface area contributed by atoms with Crippen LogP contribution in [0.2, 0.25) is 0 Å². The van der Waals surface area contributed by atoms with E-state index in [0.29, 0.717) is 0 Å². The van der Waals surface area contributed by atoms with E-state index in [9.17, 15) is 4.79 Å². The summed E-state index contributed by atoms with van der Waals surface area (Å²) in [5, 5.41) is 1.01. The van der Waals surface area contributed by atoms with Gasteiger partial charge >= 0.3 is 0 Å². The SMILES string of the molecule is NC(=O)C1OC1c1cccc2ncccc12. The lowest BCUT2D eigenvalue weighted by Gasteiger charge is -2.01. The molecule has 16 heavy (non-hydrogen) atoms. The molecule has 1 amide bonds. The first kappa shape index (κ1) is 9.30. The van der Waals surface area contributed by atoms with Crippen LogP contribution in [0.4, 0.5) is 0 Å². The Labute approximate surface area is 92.0 Å². The summed E-state index contributed by atoms with van der Waals surface area (Å²) in [6.45, 7) is 0. The van der Waals surface area contributed by atoms with Crippen LogP contribution in [0.1, 0.15) is 11.7 Å². The maximum absolute atomic E-state index is 11.0. The van der Waals surface area contributed by atoms with Crippen molar-refractivity contribution in [1.82, 2.24) is 4.98 Å². The molecule has 2 unspecified atom stereocenters. The van der Waals surface area contributed by atoms with Gasteiger partial charge in [0.15, 0.2) is 6.10 Å². The molecule has 3 rings (SSSR count). The Balaban J connectivity index is 2.08. The first-order valence-corrected chi connectivity index (χ1v) is 5.06. The van der Waals surface area contributed by atoms with E-state index in [4.69, 9.17) is 10.5 Å². The van der Waals surface area contributed by atoms with Crippen molar-refractivity contribution in [3.8, 4) is 0 Å². The predicted octanol–water partition coefficient (Wildman–Crippen LogP) is 1.16. The summed E-state index contributed by atoms with van der Waals surface area (Å²) in [5.41, 5.74) is 7.07. The van der Waals surface area contributed by atoms with Crippen molar-refractivity contribution < 1.29 is 9.53 Å². The molecule has 1 aromatic carbocycles. The Bertz CT molecular complexity index is 562. The molecule has 2 N–H and O–H groups in total. The average molecular weight is 214 g/mol. The highest BCUT2D eigenvalue weighted by Gasteiger charge is 2.45. The zero-order chi connectivity index (χ0) is 11.1. The Morgan fingerprint density at radius 1 is 1.31 bits per heavy atom. The molecule has 1 aliphatic rings. The molecule has 2 heterocycles. The summed E-state index contributed by atoms with van der Waals surface area (Å²) in [6, 6.07) is 9.62. The number of epoxide rings is 1. The standard InChI is InChI=1S/C12H10N2O2/c13-12(15)11-10(16-11)8-3-1-5-9-7(8)4-2-6-14-9/h1-6,10-11H,(H2,13,15). The number of pyridine rings is 1. The van der Waals surface area contributed by atoms with Crippen molar-refractivity contribution in [3.63, 3.8) is 0 Å². The van der Waals surface area contributed by atoms with Crippen LogP contribution in [0.3, 0.4) is 0 Å². The number of primary amides is 1. The molecule has 0 radical (unpaired) electrons. The molecule has 2 atom stereocenters. The fourth-order valence-corrected chi connectivity index (χ4v) is 1.94. The Kier molecular flexibility index (Phi) is 1.91. The molecule has 0 saturated carbocycles. The van der Waals surface area contributed by atoms with E-state index in [0.717, 1.165) is 16.5 Å². The number of nitrogens with zero attached hydrogens (tertiary/aromatic N) is 1. The summed E-state index contributed by atoms with van der Waals surface area (Å²) in [4.78, 5) is 15.2. The lowest BCUT2D eigenvalue weighted by Crippen LogP contribution is -2.18. The number of carbonyl (C=O) groups excluding carboxylic acids is 1. The Hall–Kier alpha value is -1.94. The number of aromatic nitrogens is 1. The maximum atomic E-state index is 11.0. The van der Waals surface area contributed by atoms with Gasteiger partial charge in [0, 0.05) is 11.6 Å². The molecule has 80 valence electrons. The number of amides is 1. The van der Waals surface area contributed by atoms with Crippen molar-refractivity contribution in [2.24, 2.45) is 5.73 Å². The molecule has 1 aliphatic heterocycles. The first-order valence-electron chi connectivity index (χ1n) is 5.06. The van der Waals surface area contributed by atoms with Crippen molar-refractivity contribution in [1.29, 1.82) is 0 Å². The van der Waals surface area contributed by atoms with E-state index in [1.807, 2.05) is 30.3 Å². The number of benzene rings is 1. The van der Waals surface area contributed by atoms with Gasteiger partial charge in [-0.1, -0.05) is 18.2 Å². The van der Waals surface area contributed by atoms with E-state index in [1.165, 1.54) is 0 Å². The van der Waals surface area contributed by atoms with E-state index in [2.05, 4.69) is 4.98 Å². The minimum atomic E-state index is -0.481. The molecule has 1 fully saturated rings. The number of nitrogens with two attached hydrogens (primary N) is 1. The number of rotatable bonds is 2. The molecule has 0 spiro atoms. The summed E-state index contributed by atoms with van der Waals surface area (Å²) < 4.78 is 5.27. The second-order valence-corrected chi connectivity index (χ2v) is 3.80. The van der Waals surface area contributed by atoms with Crippen molar-refractivity contribution >= 4 is 16.8 Å². The highest BCUT2D eigenvalue weighted by atomic mass is 16.6. The van der Waals surface area contributed by atoms with Crippen LogP contribution >= 0.6 is 0 Å². The van der Waals surface area contributed by atoms with E-state index in [1.54, 1.807) is 6.20 Å². The van der Waals surface area contributed by atoms with Crippen LogP contribution < -0.4 is 5.73 Å². The van der Waals surface area contributed by atoms with Gasteiger partial charge < -0.3 is 10.5 Å². The van der Waals surface area contributed by atoms with E-state index >= 15 is 0 Å². The van der Waals surface area contributed by atoms with Gasteiger partial charge in [0.1, 0.15) is 6.10 Å². The van der Waals surface area contributed by atoms with Crippen molar-refractivity contribution in [3.05, 3.63) is 42.1 Å². The van der Waals surface area contributed by atoms with Crippen molar-refractivity contribution in [2.45, 2.75) is 12.2 Å². The maximum Gasteiger partial charge on any atom is 0.249 e. The third-order valence-electron chi connectivity index (χ3n) is 2.76. The minimum absolute atomic E-state index is 0.203. The van der Waals surface area contributed by atoms with Gasteiger partial charge in [-0.3, -0.25) is 9.78 Å². The molecule has 0 aliphatic carbocycles. The number of ether oxygens (including phenoxy) is 1. The van der Waals surface area contributed by atoms with E-state index < -0.39 is 12.0 Å². The molecule has 1 aromatic heterocycles. The third kappa shape index (κ3) is 1.35. The smallest absolute Gasteiger partial charge is 0.249 e. The number of carbonyl (C=O) groups is 1. The molecular weight excluding hydrogens is 204 g/mol. The third-order valence-corrected chi connectivity index (χ3v) is 2.76. The first-order chi connectivity index (χ1) is 7.77. The molecule has 0 bridgehead atoms. The number of hydrogen-bond acceptors (Lipinski definition) is 3. The van der Waals surface area contributed by atoms with Crippen LogP contribution in [-0.4, -0.2) is 17.0 Å². The molecular formula is C12H10N2O2. The van der Waals surface area contributed by atoms with E-state index in [-0.39, 0.29) is 6.10 Å². The van der Waals surface area contributed by atoms with Crippen LogP contribution in [0.5, 0.6) is 0 Å². The normalized spacial score (nSPS) is 23.2. The summed E-state index contributed by atoms with van der Waals surface area (Å²) in [6.07, 6.45) is 1.06. The number of fused-ring (bicyclic) bond motifs is 1. The lowest BCUT2D eigenvalue weighted by molar-refractivity contribution is -0.119. The fourth-order valence-electron chi connectivity index (χ4n) is 1.94. The zero-order valence-corrected chi connectivity index (χ0v) is 8.46. The van der Waals surface area contributed by atoms with Gasteiger partial charge in [0.25, 0.3) is 0 Å². The lowest BCUT2D eigenvalue weighted by atomic mass is 10.0. The summed E-state index contributed by atoms with van der Waals surface area (Å²) >= 11 is 0. The Morgan fingerprint density at radius 3 is 2.94 bits per heavy atom. The summed E-state index contributed by atoms with van der Waals surface area (Å²) in [7, 11) is 0. The van der Waals surface area contributed by atoms with Gasteiger partial charge in [0.2, 0.25) is 5.91 Å². The summed E-state index contributed by atoms with van der Waals surface area (Å²) in [5.74, 6) is -0.411. The molecule has 2 aromatic rings. The monoisotopic (exact) mass is 214 g/mol. The molecule has 4 heteroatoms. The Morgan fingerprint density at radius 2 is 2.19 bits per heavy atom. The highest BCUT2D eigenvalue weighted by Crippen LogP contribution is 2.41. The largest absolute Gasteiger partial charge is 0.367 e. The molecule has 4 nitrogen and oxygen atoms in total. The van der Waals surface area contributed by atoms with Gasteiger partial charge in [-0.05, 0) is 17.7 Å². The quantitative estimate of drug-likeness (QED) is 0.763. The average Bonchev–Trinajstić information content (AvgIpc) is 3.08. The van der Waals surface area contributed by atoms with Crippen molar-refractivity contribution in [2.75, 3.05) is 0 Å². The van der Waals surface area contributed by atoms with Crippen LogP contribution in [0.25, 0.3) is 10.9 Å². The number of hydrogen-bond donors (Lipinski definition) is 1. The predicted molar refractivity (Wildman–Crippen MR) is 58.6 cm³/mol. The fraction of sp³-hybridized carbons (Fsp3) is 0.167. The van der Waals surface area contributed by atoms with Crippen LogP contribution in [-0.2, 0) is 9.53 Å². The highest BCUT2D eigenvalue weighted by molar-refractivity contribution is 5.87. The topological polar surface area (TPSA) is 68.5 Å². The van der Waals surface area contributed by atoms with Gasteiger partial charge in [-0.15, -0.1) is 0 Å². The molecule has 1 saturated heterocycles. The second kappa shape index (κ2) is 3.28. The van der Waals surface area contributed by atoms with Gasteiger partial charge in [-0.25, -0.2) is 0 Å². The minimum Gasteiger partial charge on any atom is -0.367 e. The zero-order valence-electron chi connectivity index (χ0n) is 8.46. The van der Waals surface area contributed by atoms with Gasteiger partial charge in [0.05, 0.1) is 5.52 Å². The van der Waals surface area contributed by atoms with Crippen LogP contribution in [0.15, 0.2) is 36.5 Å².